The van der Waals surface area contributed by atoms with Gasteiger partial charge in [0.2, 0.25) is 0 Å². The zero-order chi connectivity index (χ0) is 20.3. The van der Waals surface area contributed by atoms with E-state index in [-0.39, 0.29) is 17.7 Å². The van der Waals surface area contributed by atoms with E-state index in [1.54, 1.807) is 23.7 Å². The standard InChI is InChI=1S/C21H21F2N3O2/c1-13(16-9-11-18(12-10-16)28-21(22)23)24-20(27)19-14(2)25-26(15(19)3)17-7-5-4-6-8-17/h4-13,21H,1-3H3,(H,24,27). The Bertz CT molecular complexity index is 954. The summed E-state index contributed by atoms with van der Waals surface area (Å²) in [4.78, 5) is 12.8. The Kier molecular flexibility index (Phi) is 5.73. The van der Waals surface area contributed by atoms with Gasteiger partial charge < -0.3 is 10.1 Å². The third-order valence-corrected chi connectivity index (χ3v) is 4.47. The highest BCUT2D eigenvalue weighted by Gasteiger charge is 2.21. The van der Waals surface area contributed by atoms with Crippen LogP contribution in [-0.4, -0.2) is 22.3 Å². The van der Waals surface area contributed by atoms with Crippen LogP contribution in [0.4, 0.5) is 8.78 Å². The van der Waals surface area contributed by atoms with Gasteiger partial charge in [0.05, 0.1) is 28.7 Å². The highest BCUT2D eigenvalue weighted by atomic mass is 19.3. The van der Waals surface area contributed by atoms with Crippen molar-refractivity contribution in [3.8, 4) is 11.4 Å². The maximum Gasteiger partial charge on any atom is 0.387 e. The molecule has 0 saturated heterocycles. The van der Waals surface area contributed by atoms with E-state index in [1.807, 2.05) is 44.2 Å². The molecular formula is C21H21F2N3O2. The van der Waals surface area contributed by atoms with Crippen LogP contribution in [0.2, 0.25) is 0 Å². The minimum atomic E-state index is -2.87. The van der Waals surface area contributed by atoms with Gasteiger partial charge in [-0.05, 0) is 50.6 Å². The van der Waals surface area contributed by atoms with Gasteiger partial charge in [0, 0.05) is 0 Å². The number of para-hydroxylation sites is 1. The normalized spacial score (nSPS) is 12.1. The zero-order valence-electron chi connectivity index (χ0n) is 15.8. The highest BCUT2D eigenvalue weighted by Crippen LogP contribution is 2.22. The summed E-state index contributed by atoms with van der Waals surface area (Å²) in [5, 5.41) is 7.43. The molecule has 0 fully saturated rings. The molecule has 1 unspecified atom stereocenters. The van der Waals surface area contributed by atoms with Crippen LogP contribution >= 0.6 is 0 Å². The van der Waals surface area contributed by atoms with Crippen molar-refractivity contribution in [1.82, 2.24) is 15.1 Å². The topological polar surface area (TPSA) is 56.2 Å². The Morgan fingerprint density at radius 2 is 1.71 bits per heavy atom. The smallest absolute Gasteiger partial charge is 0.387 e. The fraction of sp³-hybridized carbons (Fsp3) is 0.238. The SMILES string of the molecule is Cc1nn(-c2ccccc2)c(C)c1C(=O)NC(C)c1ccc(OC(F)F)cc1. The molecule has 5 nitrogen and oxygen atoms in total. The van der Waals surface area contributed by atoms with Crippen LogP contribution in [0, 0.1) is 13.8 Å². The molecule has 1 atom stereocenters. The number of carbonyl (C=O) groups is 1. The number of nitrogens with zero attached hydrogens (tertiary/aromatic N) is 2. The lowest BCUT2D eigenvalue weighted by atomic mass is 10.1. The van der Waals surface area contributed by atoms with E-state index in [1.165, 1.54) is 12.1 Å². The van der Waals surface area contributed by atoms with Crippen molar-refractivity contribution in [1.29, 1.82) is 0 Å². The molecule has 3 rings (SSSR count). The van der Waals surface area contributed by atoms with E-state index >= 15 is 0 Å². The second-order valence-electron chi connectivity index (χ2n) is 6.44. The first-order valence-corrected chi connectivity index (χ1v) is 8.84. The van der Waals surface area contributed by atoms with E-state index in [0.29, 0.717) is 11.3 Å². The van der Waals surface area contributed by atoms with Gasteiger partial charge in [0.25, 0.3) is 5.91 Å². The van der Waals surface area contributed by atoms with Gasteiger partial charge in [0.15, 0.2) is 0 Å². The molecule has 0 aliphatic heterocycles. The molecule has 28 heavy (non-hydrogen) atoms. The monoisotopic (exact) mass is 385 g/mol. The van der Waals surface area contributed by atoms with Gasteiger partial charge in [-0.25, -0.2) is 4.68 Å². The van der Waals surface area contributed by atoms with Crippen LogP contribution < -0.4 is 10.1 Å². The molecule has 0 radical (unpaired) electrons. The number of halogens is 2. The van der Waals surface area contributed by atoms with E-state index < -0.39 is 6.61 Å². The van der Waals surface area contributed by atoms with Crippen molar-refractivity contribution in [3.05, 3.63) is 77.1 Å². The van der Waals surface area contributed by atoms with Crippen molar-refractivity contribution >= 4 is 5.91 Å². The predicted octanol–water partition coefficient (Wildman–Crippen LogP) is 4.58. The van der Waals surface area contributed by atoms with Gasteiger partial charge in [-0.15, -0.1) is 0 Å². The summed E-state index contributed by atoms with van der Waals surface area (Å²) in [6.07, 6.45) is 0. The van der Waals surface area contributed by atoms with Crippen LogP contribution in [-0.2, 0) is 0 Å². The molecule has 1 amide bonds. The average molecular weight is 385 g/mol. The fourth-order valence-electron chi connectivity index (χ4n) is 3.08. The Labute approximate surface area is 161 Å². The number of hydrogen-bond acceptors (Lipinski definition) is 3. The van der Waals surface area contributed by atoms with E-state index in [2.05, 4.69) is 15.2 Å². The Hall–Kier alpha value is -3.22. The summed E-state index contributed by atoms with van der Waals surface area (Å²) in [6, 6.07) is 15.5. The van der Waals surface area contributed by atoms with Crippen LogP contribution in [0.1, 0.15) is 40.3 Å². The maximum atomic E-state index is 12.8. The first kappa shape index (κ1) is 19.5. The van der Waals surface area contributed by atoms with Crippen molar-refractivity contribution in [2.24, 2.45) is 0 Å². The number of alkyl halides is 2. The average Bonchev–Trinajstić information content (AvgIpc) is 2.96. The summed E-state index contributed by atoms with van der Waals surface area (Å²) >= 11 is 0. The number of ether oxygens (including phenoxy) is 1. The second kappa shape index (κ2) is 8.21. The number of aryl methyl sites for hydroxylation is 1. The fourth-order valence-corrected chi connectivity index (χ4v) is 3.08. The molecule has 1 heterocycles. The van der Waals surface area contributed by atoms with Crippen LogP contribution in [0.15, 0.2) is 54.6 Å². The van der Waals surface area contributed by atoms with Gasteiger partial charge >= 0.3 is 6.61 Å². The molecule has 146 valence electrons. The third-order valence-electron chi connectivity index (χ3n) is 4.47. The summed E-state index contributed by atoms with van der Waals surface area (Å²) in [5.41, 5.74) is 3.56. The lowest BCUT2D eigenvalue weighted by Gasteiger charge is -2.15. The van der Waals surface area contributed by atoms with Gasteiger partial charge in [-0.2, -0.15) is 13.9 Å². The number of aromatic nitrogens is 2. The summed E-state index contributed by atoms with van der Waals surface area (Å²) in [6.45, 7) is 2.61. The first-order valence-electron chi connectivity index (χ1n) is 8.84. The predicted molar refractivity (Wildman–Crippen MR) is 102 cm³/mol. The van der Waals surface area contributed by atoms with Gasteiger partial charge in [-0.1, -0.05) is 30.3 Å². The summed E-state index contributed by atoms with van der Waals surface area (Å²) in [5.74, 6) is -0.161. The summed E-state index contributed by atoms with van der Waals surface area (Å²) in [7, 11) is 0. The van der Waals surface area contributed by atoms with Crippen molar-refractivity contribution in [2.75, 3.05) is 0 Å². The maximum absolute atomic E-state index is 12.8. The lowest BCUT2D eigenvalue weighted by Crippen LogP contribution is -2.27. The Morgan fingerprint density at radius 1 is 1.07 bits per heavy atom. The molecule has 0 aliphatic rings. The van der Waals surface area contributed by atoms with E-state index in [9.17, 15) is 13.6 Å². The quantitative estimate of drug-likeness (QED) is 0.676. The largest absolute Gasteiger partial charge is 0.435 e. The van der Waals surface area contributed by atoms with Gasteiger partial charge in [-0.3, -0.25) is 4.79 Å². The van der Waals surface area contributed by atoms with E-state index in [4.69, 9.17) is 0 Å². The van der Waals surface area contributed by atoms with Crippen molar-refractivity contribution in [3.63, 3.8) is 0 Å². The number of hydrogen-bond donors (Lipinski definition) is 1. The number of amides is 1. The number of carbonyl (C=O) groups excluding carboxylic acids is 1. The molecule has 1 aromatic heterocycles. The number of benzene rings is 2. The second-order valence-corrected chi connectivity index (χ2v) is 6.44. The summed E-state index contributed by atoms with van der Waals surface area (Å²) < 4.78 is 30.6. The molecule has 2 aromatic carbocycles. The number of nitrogens with one attached hydrogen (secondary N) is 1. The molecule has 7 heteroatoms. The molecule has 1 N–H and O–H groups in total. The van der Waals surface area contributed by atoms with Crippen molar-refractivity contribution < 1.29 is 18.3 Å². The van der Waals surface area contributed by atoms with Crippen LogP contribution in [0.25, 0.3) is 5.69 Å². The number of rotatable bonds is 6. The molecule has 3 aromatic rings. The minimum Gasteiger partial charge on any atom is -0.435 e. The zero-order valence-corrected chi connectivity index (χ0v) is 15.8. The molecular weight excluding hydrogens is 364 g/mol. The molecule has 0 bridgehead atoms. The Morgan fingerprint density at radius 3 is 2.32 bits per heavy atom. The molecule has 0 saturated carbocycles. The van der Waals surface area contributed by atoms with E-state index in [0.717, 1.165) is 16.9 Å². The third kappa shape index (κ3) is 4.19. The van der Waals surface area contributed by atoms with Crippen molar-refractivity contribution in [2.45, 2.75) is 33.4 Å². The molecule has 0 spiro atoms. The lowest BCUT2D eigenvalue weighted by molar-refractivity contribution is -0.0498. The Balaban J connectivity index is 1.77. The minimum absolute atomic E-state index is 0.0769. The van der Waals surface area contributed by atoms with Crippen LogP contribution in [0.5, 0.6) is 5.75 Å². The highest BCUT2D eigenvalue weighted by molar-refractivity contribution is 5.96. The molecule has 0 aliphatic carbocycles. The van der Waals surface area contributed by atoms with Crippen LogP contribution in [0.3, 0.4) is 0 Å². The van der Waals surface area contributed by atoms with Gasteiger partial charge in [0.1, 0.15) is 5.75 Å². The first-order chi connectivity index (χ1) is 13.4.